The molecule has 0 radical (unpaired) electrons. The Morgan fingerprint density at radius 1 is 0.652 bits per heavy atom. The summed E-state index contributed by atoms with van der Waals surface area (Å²) in [7, 11) is -8.94. The lowest BCUT2D eigenvalue weighted by molar-refractivity contribution is 0.481. The quantitative estimate of drug-likeness (QED) is 0.677. The summed E-state index contributed by atoms with van der Waals surface area (Å²) < 4.78 is 67.3. The van der Waals surface area contributed by atoms with Crippen molar-refractivity contribution in [2.45, 2.75) is 9.79 Å². The molecule has 0 atom stereocenters. The van der Waals surface area contributed by atoms with Crippen molar-refractivity contribution in [1.29, 1.82) is 0 Å². The second-order valence-corrected chi connectivity index (χ2v) is 7.13. The molecule has 3 rings (SSSR count). The maximum absolute atomic E-state index is 11.2. The molecule has 0 fully saturated rings. The smallest absolute Gasteiger partial charge is 0.295 e. The van der Waals surface area contributed by atoms with Crippen LogP contribution in [-0.4, -0.2) is 25.9 Å². The summed E-state index contributed by atoms with van der Waals surface area (Å²) in [5, 5.41) is 0.0465. The van der Waals surface area contributed by atoms with Crippen molar-refractivity contribution in [1.82, 2.24) is 0 Å². The van der Waals surface area contributed by atoms with Crippen molar-refractivity contribution >= 4 is 31.0 Å². The van der Waals surface area contributed by atoms with Gasteiger partial charge >= 0.3 is 0 Å². The summed E-state index contributed by atoms with van der Waals surface area (Å²) in [5.74, 6) is 0. The molecule has 1 aromatic heterocycles. The third kappa shape index (κ3) is 4.17. The molecule has 0 amide bonds. The highest BCUT2D eigenvalue weighted by Gasteiger charge is 2.18. The monoisotopic (exact) mass is 356 g/mol. The van der Waals surface area contributed by atoms with Crippen molar-refractivity contribution in [3.8, 4) is 0 Å². The molecule has 0 aliphatic rings. The van der Waals surface area contributed by atoms with Gasteiger partial charge in [0.15, 0.2) is 0 Å². The first-order chi connectivity index (χ1) is 10.7. The molecule has 0 unspecified atom stereocenters. The van der Waals surface area contributed by atoms with E-state index in [0.717, 1.165) is 12.1 Å². The van der Waals surface area contributed by atoms with Crippen LogP contribution in [-0.2, 0) is 20.2 Å². The van der Waals surface area contributed by atoms with E-state index in [2.05, 4.69) is 4.42 Å². The Morgan fingerprint density at radius 2 is 1.04 bits per heavy atom. The van der Waals surface area contributed by atoms with Crippen LogP contribution in [0.1, 0.15) is 0 Å². The molecule has 0 aliphatic heterocycles. The number of hydrogen-bond acceptors (Lipinski definition) is 5. The van der Waals surface area contributed by atoms with Crippen LogP contribution >= 0.6 is 0 Å². The Balaban J connectivity index is 0.000000326. The Labute approximate surface area is 132 Å². The molecule has 0 spiro atoms. The lowest BCUT2D eigenvalue weighted by Gasteiger charge is -2.06. The number of fused-ring (bicyclic) bond motifs is 1. The maximum atomic E-state index is 11.2. The molecular formula is C14H12O7S2. The molecule has 2 N–H and O–H groups in total. The lowest BCUT2D eigenvalue weighted by atomic mass is 10.1. The van der Waals surface area contributed by atoms with Crippen LogP contribution in [0.4, 0.5) is 0 Å². The standard InChI is InChI=1S/C10H8O6S2.C4H4O/c11-17(12,13)9-5-1-3-7-8(9)4-2-6-10(7)18(14,15)16;1-2-4-5-3-1/h1-6H,(H,11,12,13)(H,14,15,16);1-4H. The van der Waals surface area contributed by atoms with Gasteiger partial charge in [0, 0.05) is 10.8 Å². The van der Waals surface area contributed by atoms with Gasteiger partial charge in [0.1, 0.15) is 9.79 Å². The van der Waals surface area contributed by atoms with Gasteiger partial charge in [-0.2, -0.15) is 16.8 Å². The van der Waals surface area contributed by atoms with Gasteiger partial charge in [0.2, 0.25) is 0 Å². The predicted molar refractivity (Wildman–Crippen MR) is 82.3 cm³/mol. The normalized spacial score (nSPS) is 11.7. The first-order valence-electron chi connectivity index (χ1n) is 6.15. The summed E-state index contributed by atoms with van der Waals surface area (Å²) >= 11 is 0. The summed E-state index contributed by atoms with van der Waals surface area (Å²) in [6.07, 6.45) is 3.25. The average Bonchev–Trinajstić information content (AvgIpc) is 3.03. The maximum Gasteiger partial charge on any atom is 0.295 e. The molecule has 3 aromatic rings. The predicted octanol–water partition coefficient (Wildman–Crippen LogP) is 2.61. The fourth-order valence-electron chi connectivity index (χ4n) is 1.93. The van der Waals surface area contributed by atoms with Gasteiger partial charge in [-0.25, -0.2) is 0 Å². The minimum Gasteiger partial charge on any atom is -0.473 e. The van der Waals surface area contributed by atoms with E-state index in [1.54, 1.807) is 12.5 Å². The topological polar surface area (TPSA) is 122 Å². The van der Waals surface area contributed by atoms with Crippen LogP contribution in [0, 0.1) is 0 Å². The number of furan rings is 1. The largest absolute Gasteiger partial charge is 0.473 e. The van der Waals surface area contributed by atoms with Crippen molar-refractivity contribution in [2.75, 3.05) is 0 Å². The van der Waals surface area contributed by atoms with Crippen LogP contribution in [0.25, 0.3) is 10.8 Å². The molecule has 0 saturated heterocycles. The van der Waals surface area contributed by atoms with Gasteiger partial charge < -0.3 is 4.42 Å². The van der Waals surface area contributed by atoms with E-state index in [4.69, 9.17) is 9.11 Å². The summed E-state index contributed by atoms with van der Waals surface area (Å²) in [4.78, 5) is -0.823. The van der Waals surface area contributed by atoms with Gasteiger partial charge in [-0.15, -0.1) is 0 Å². The molecule has 0 saturated carbocycles. The van der Waals surface area contributed by atoms with E-state index in [1.165, 1.54) is 24.3 Å². The molecule has 122 valence electrons. The lowest BCUT2D eigenvalue weighted by Crippen LogP contribution is -2.02. The fraction of sp³-hybridized carbons (Fsp3) is 0. The summed E-state index contributed by atoms with van der Waals surface area (Å²) in [5.41, 5.74) is 0. The van der Waals surface area contributed by atoms with E-state index >= 15 is 0 Å². The van der Waals surface area contributed by atoms with E-state index in [9.17, 15) is 16.8 Å². The highest BCUT2D eigenvalue weighted by atomic mass is 32.2. The van der Waals surface area contributed by atoms with Gasteiger partial charge in [0.25, 0.3) is 20.2 Å². The molecule has 2 aromatic carbocycles. The third-order valence-corrected chi connectivity index (χ3v) is 4.65. The Morgan fingerprint density at radius 3 is 1.30 bits per heavy atom. The van der Waals surface area contributed by atoms with E-state index < -0.39 is 30.0 Å². The number of benzene rings is 2. The van der Waals surface area contributed by atoms with Crippen molar-refractivity contribution in [2.24, 2.45) is 0 Å². The molecule has 0 bridgehead atoms. The van der Waals surface area contributed by atoms with Crippen LogP contribution in [0.5, 0.6) is 0 Å². The molecule has 9 heteroatoms. The van der Waals surface area contributed by atoms with Gasteiger partial charge in [-0.05, 0) is 24.3 Å². The molecule has 1 heterocycles. The zero-order chi connectivity index (χ0) is 17.1. The third-order valence-electron chi connectivity index (χ3n) is 2.82. The van der Waals surface area contributed by atoms with Crippen LogP contribution < -0.4 is 0 Å². The van der Waals surface area contributed by atoms with Gasteiger partial charge in [0.05, 0.1) is 12.5 Å². The summed E-state index contributed by atoms with van der Waals surface area (Å²) in [6, 6.07) is 11.2. The number of hydrogen-bond donors (Lipinski definition) is 2. The zero-order valence-electron chi connectivity index (χ0n) is 11.5. The molecular weight excluding hydrogens is 344 g/mol. The second-order valence-electron chi connectivity index (χ2n) is 4.35. The van der Waals surface area contributed by atoms with Crippen molar-refractivity contribution < 1.29 is 30.4 Å². The Hall–Kier alpha value is -2.20. The minimum absolute atomic E-state index is 0.0233. The van der Waals surface area contributed by atoms with E-state index in [1.807, 2.05) is 12.1 Å². The van der Waals surface area contributed by atoms with Crippen molar-refractivity contribution in [3.63, 3.8) is 0 Å². The fourth-order valence-corrected chi connectivity index (χ4v) is 3.34. The van der Waals surface area contributed by atoms with Crippen LogP contribution in [0.3, 0.4) is 0 Å². The van der Waals surface area contributed by atoms with Gasteiger partial charge in [-0.1, -0.05) is 24.3 Å². The van der Waals surface area contributed by atoms with E-state index in [0.29, 0.717) is 0 Å². The Kier molecular flexibility index (Phi) is 4.85. The second kappa shape index (κ2) is 6.50. The minimum atomic E-state index is -4.47. The first-order valence-corrected chi connectivity index (χ1v) is 9.03. The van der Waals surface area contributed by atoms with Crippen molar-refractivity contribution in [3.05, 3.63) is 61.1 Å². The van der Waals surface area contributed by atoms with Gasteiger partial charge in [-0.3, -0.25) is 9.11 Å². The van der Waals surface area contributed by atoms with Crippen LogP contribution in [0.15, 0.2) is 75.3 Å². The zero-order valence-corrected chi connectivity index (χ0v) is 13.2. The summed E-state index contributed by atoms with van der Waals surface area (Å²) in [6.45, 7) is 0. The Bertz CT molecular complexity index is 916. The SMILES string of the molecule is O=S(=O)(O)c1cccc2c(S(=O)(=O)O)cccc12.c1ccoc1. The van der Waals surface area contributed by atoms with E-state index in [-0.39, 0.29) is 10.8 Å². The highest BCUT2D eigenvalue weighted by Crippen LogP contribution is 2.27. The highest BCUT2D eigenvalue weighted by molar-refractivity contribution is 7.86. The number of rotatable bonds is 2. The first kappa shape index (κ1) is 17.2. The van der Waals surface area contributed by atoms with Crippen LogP contribution in [0.2, 0.25) is 0 Å². The molecule has 0 aliphatic carbocycles. The molecule has 23 heavy (non-hydrogen) atoms. The molecule has 7 nitrogen and oxygen atoms in total. The average molecular weight is 356 g/mol.